The van der Waals surface area contributed by atoms with E-state index in [0.717, 1.165) is 33.7 Å². The van der Waals surface area contributed by atoms with Crippen LogP contribution in [0.25, 0.3) is 10.9 Å². The second kappa shape index (κ2) is 6.09. The Bertz CT molecular complexity index is 968. The predicted octanol–water partition coefficient (Wildman–Crippen LogP) is 3.54. The van der Waals surface area contributed by atoms with E-state index in [1.54, 1.807) is 11.9 Å². The molecule has 25 heavy (non-hydrogen) atoms. The molecule has 0 bridgehead atoms. The van der Waals surface area contributed by atoms with Gasteiger partial charge in [0.2, 0.25) is 6.79 Å². The van der Waals surface area contributed by atoms with Crippen LogP contribution in [0.2, 0.25) is 0 Å². The summed E-state index contributed by atoms with van der Waals surface area (Å²) in [6.45, 7) is 2.64. The number of ether oxygens (including phenoxy) is 2. The summed E-state index contributed by atoms with van der Waals surface area (Å²) in [7, 11) is 1.80. The van der Waals surface area contributed by atoms with E-state index < -0.39 is 0 Å². The van der Waals surface area contributed by atoms with E-state index in [1.165, 1.54) is 0 Å². The summed E-state index contributed by atoms with van der Waals surface area (Å²) in [5.41, 5.74) is 3.34. The quantitative estimate of drug-likeness (QED) is 0.735. The lowest BCUT2D eigenvalue weighted by molar-refractivity contribution is 0.0786. The molecule has 3 aromatic rings. The number of carbonyl (C=O) groups is 1. The Morgan fingerprint density at radius 1 is 1.12 bits per heavy atom. The van der Waals surface area contributed by atoms with Gasteiger partial charge in [-0.2, -0.15) is 0 Å². The average molecular weight is 334 g/mol. The number of amides is 1. The number of rotatable bonds is 3. The Labute approximate surface area is 145 Å². The van der Waals surface area contributed by atoms with Crippen molar-refractivity contribution in [1.29, 1.82) is 0 Å². The number of nitrogens with zero attached hydrogens (tertiary/aromatic N) is 2. The molecule has 1 aromatic heterocycles. The van der Waals surface area contributed by atoms with Crippen LogP contribution in [-0.2, 0) is 6.54 Å². The topological polar surface area (TPSA) is 51.7 Å². The fourth-order valence-corrected chi connectivity index (χ4v) is 3.08. The number of hydrogen-bond donors (Lipinski definition) is 0. The Hall–Kier alpha value is -3.08. The molecule has 0 fully saturated rings. The molecule has 0 atom stereocenters. The number of benzene rings is 2. The maximum atomic E-state index is 13.0. The molecule has 0 unspecified atom stereocenters. The molecular formula is C20H18N2O3. The van der Waals surface area contributed by atoms with Crippen LogP contribution in [0.1, 0.15) is 21.6 Å². The van der Waals surface area contributed by atoms with E-state index in [2.05, 4.69) is 4.98 Å². The highest BCUT2D eigenvalue weighted by Gasteiger charge is 2.18. The van der Waals surface area contributed by atoms with Gasteiger partial charge in [0.05, 0.1) is 11.1 Å². The number of aryl methyl sites for hydroxylation is 1. The summed E-state index contributed by atoms with van der Waals surface area (Å²) in [6, 6.07) is 15.3. The predicted molar refractivity (Wildman–Crippen MR) is 94.8 cm³/mol. The number of para-hydroxylation sites is 1. The zero-order chi connectivity index (χ0) is 17.4. The first kappa shape index (κ1) is 15.4. The molecule has 0 N–H and O–H groups in total. The summed E-state index contributed by atoms with van der Waals surface area (Å²) in [5, 5.41) is 0.871. The van der Waals surface area contributed by atoms with Crippen molar-refractivity contribution in [2.75, 3.05) is 13.8 Å². The van der Waals surface area contributed by atoms with Gasteiger partial charge in [0, 0.05) is 24.7 Å². The zero-order valence-electron chi connectivity index (χ0n) is 14.2. The summed E-state index contributed by atoms with van der Waals surface area (Å²) in [5.74, 6) is 1.44. The SMILES string of the molecule is Cc1cc(C(=O)N(C)Cc2ccc3c(c2)OCO3)c2ccccc2n1. The highest BCUT2D eigenvalue weighted by Crippen LogP contribution is 2.33. The summed E-state index contributed by atoms with van der Waals surface area (Å²) in [6.07, 6.45) is 0. The van der Waals surface area contributed by atoms with E-state index in [0.29, 0.717) is 12.1 Å². The Morgan fingerprint density at radius 3 is 2.80 bits per heavy atom. The van der Waals surface area contributed by atoms with Gasteiger partial charge in [0.15, 0.2) is 11.5 Å². The van der Waals surface area contributed by atoms with Gasteiger partial charge in [-0.05, 0) is 36.8 Å². The first-order valence-electron chi connectivity index (χ1n) is 8.12. The molecule has 5 nitrogen and oxygen atoms in total. The van der Waals surface area contributed by atoms with Gasteiger partial charge in [0.25, 0.3) is 5.91 Å². The lowest BCUT2D eigenvalue weighted by atomic mass is 10.1. The van der Waals surface area contributed by atoms with Gasteiger partial charge >= 0.3 is 0 Å². The summed E-state index contributed by atoms with van der Waals surface area (Å²) < 4.78 is 10.7. The van der Waals surface area contributed by atoms with Crippen LogP contribution in [0.4, 0.5) is 0 Å². The van der Waals surface area contributed by atoms with E-state index in [4.69, 9.17) is 9.47 Å². The van der Waals surface area contributed by atoms with Crippen molar-refractivity contribution in [3.05, 3.63) is 65.4 Å². The van der Waals surface area contributed by atoms with Crippen LogP contribution in [-0.4, -0.2) is 29.6 Å². The molecule has 1 aliphatic rings. The molecule has 0 saturated heterocycles. The normalized spacial score (nSPS) is 12.4. The fraction of sp³-hybridized carbons (Fsp3) is 0.200. The molecule has 2 heterocycles. The molecule has 1 amide bonds. The van der Waals surface area contributed by atoms with Crippen molar-refractivity contribution in [3.8, 4) is 11.5 Å². The van der Waals surface area contributed by atoms with E-state index in [-0.39, 0.29) is 12.7 Å². The maximum absolute atomic E-state index is 13.0. The van der Waals surface area contributed by atoms with Gasteiger partial charge in [-0.25, -0.2) is 0 Å². The van der Waals surface area contributed by atoms with E-state index >= 15 is 0 Å². The molecule has 0 spiro atoms. The van der Waals surface area contributed by atoms with Crippen molar-refractivity contribution in [2.45, 2.75) is 13.5 Å². The Balaban J connectivity index is 1.62. The van der Waals surface area contributed by atoms with E-state index in [1.807, 2.05) is 55.5 Å². The lowest BCUT2D eigenvalue weighted by Gasteiger charge is -2.19. The Kier molecular flexibility index (Phi) is 3.76. The molecule has 5 heteroatoms. The van der Waals surface area contributed by atoms with Crippen molar-refractivity contribution >= 4 is 16.8 Å². The largest absolute Gasteiger partial charge is 0.454 e. The van der Waals surface area contributed by atoms with Gasteiger partial charge in [-0.3, -0.25) is 9.78 Å². The minimum Gasteiger partial charge on any atom is -0.454 e. The number of aromatic nitrogens is 1. The van der Waals surface area contributed by atoms with Gasteiger partial charge in [-0.15, -0.1) is 0 Å². The minimum atomic E-state index is -0.0284. The zero-order valence-corrected chi connectivity index (χ0v) is 14.2. The molecule has 0 radical (unpaired) electrons. The standard InChI is InChI=1S/C20H18N2O3/c1-13-9-16(15-5-3-4-6-17(15)21-13)20(23)22(2)11-14-7-8-18-19(10-14)25-12-24-18/h3-10H,11-12H2,1-2H3. The van der Waals surface area contributed by atoms with Crippen molar-refractivity contribution in [1.82, 2.24) is 9.88 Å². The molecule has 0 aliphatic carbocycles. The minimum absolute atomic E-state index is 0.0284. The number of fused-ring (bicyclic) bond motifs is 2. The fourth-order valence-electron chi connectivity index (χ4n) is 3.08. The average Bonchev–Trinajstić information content (AvgIpc) is 3.08. The number of carbonyl (C=O) groups excluding carboxylic acids is 1. The second-order valence-electron chi connectivity index (χ2n) is 6.18. The number of hydrogen-bond acceptors (Lipinski definition) is 4. The van der Waals surface area contributed by atoms with Crippen LogP contribution in [0.5, 0.6) is 11.5 Å². The molecule has 1 aliphatic heterocycles. The highest BCUT2D eigenvalue weighted by atomic mass is 16.7. The highest BCUT2D eigenvalue weighted by molar-refractivity contribution is 6.06. The second-order valence-corrected chi connectivity index (χ2v) is 6.18. The third-order valence-corrected chi connectivity index (χ3v) is 4.28. The third kappa shape index (κ3) is 2.89. The van der Waals surface area contributed by atoms with Gasteiger partial charge in [0.1, 0.15) is 0 Å². The summed E-state index contributed by atoms with van der Waals surface area (Å²) in [4.78, 5) is 19.2. The van der Waals surface area contributed by atoms with Crippen LogP contribution >= 0.6 is 0 Å². The maximum Gasteiger partial charge on any atom is 0.254 e. The summed E-state index contributed by atoms with van der Waals surface area (Å²) >= 11 is 0. The molecule has 2 aromatic carbocycles. The first-order chi connectivity index (χ1) is 12.1. The smallest absolute Gasteiger partial charge is 0.254 e. The molecule has 4 rings (SSSR count). The van der Waals surface area contributed by atoms with Gasteiger partial charge < -0.3 is 14.4 Å². The monoisotopic (exact) mass is 334 g/mol. The Morgan fingerprint density at radius 2 is 1.92 bits per heavy atom. The van der Waals surface area contributed by atoms with Crippen molar-refractivity contribution in [2.24, 2.45) is 0 Å². The third-order valence-electron chi connectivity index (χ3n) is 4.28. The van der Waals surface area contributed by atoms with Crippen molar-refractivity contribution < 1.29 is 14.3 Å². The van der Waals surface area contributed by atoms with Crippen LogP contribution in [0.15, 0.2) is 48.5 Å². The van der Waals surface area contributed by atoms with Gasteiger partial charge in [-0.1, -0.05) is 24.3 Å². The lowest BCUT2D eigenvalue weighted by Crippen LogP contribution is -2.26. The van der Waals surface area contributed by atoms with E-state index in [9.17, 15) is 4.79 Å². The van der Waals surface area contributed by atoms with Crippen LogP contribution in [0, 0.1) is 6.92 Å². The van der Waals surface area contributed by atoms with Crippen molar-refractivity contribution in [3.63, 3.8) is 0 Å². The van der Waals surface area contributed by atoms with Crippen LogP contribution < -0.4 is 9.47 Å². The molecule has 0 saturated carbocycles. The molecular weight excluding hydrogens is 316 g/mol. The first-order valence-corrected chi connectivity index (χ1v) is 8.12. The van der Waals surface area contributed by atoms with Crippen LogP contribution in [0.3, 0.4) is 0 Å². The number of pyridine rings is 1. The molecule has 126 valence electrons.